The third kappa shape index (κ3) is 4.10. The molecule has 0 atom stereocenters. The molecule has 0 aliphatic heterocycles. The Morgan fingerprint density at radius 3 is 2.59 bits per heavy atom. The van der Waals surface area contributed by atoms with Crippen LogP contribution in [0.4, 0.5) is 0 Å². The monoisotopic (exact) mass is 443 g/mol. The second-order valence-electron chi connectivity index (χ2n) is 7.36. The molecule has 0 unspecified atom stereocenters. The Bertz CT molecular complexity index is 1470. The van der Waals surface area contributed by atoms with Crippen LogP contribution < -0.4 is 10.3 Å². The van der Waals surface area contributed by atoms with Gasteiger partial charge < -0.3 is 4.74 Å². The van der Waals surface area contributed by atoms with Gasteiger partial charge in [0.1, 0.15) is 11.5 Å². The van der Waals surface area contributed by atoms with Crippen LogP contribution in [0.25, 0.3) is 22.2 Å². The average molecular weight is 444 g/mol. The van der Waals surface area contributed by atoms with E-state index in [-0.39, 0.29) is 5.56 Å². The molecule has 0 fully saturated rings. The van der Waals surface area contributed by atoms with E-state index in [4.69, 9.17) is 16.3 Å². The molecule has 2 aromatic carbocycles. The maximum Gasteiger partial charge on any atom is 0.261 e. The van der Waals surface area contributed by atoms with Crippen LogP contribution in [-0.4, -0.2) is 24.3 Å². The lowest BCUT2D eigenvalue weighted by Gasteiger charge is -2.10. The van der Waals surface area contributed by atoms with Crippen LogP contribution >= 0.6 is 11.6 Å². The van der Waals surface area contributed by atoms with Gasteiger partial charge in [-0.15, -0.1) is 0 Å². The van der Waals surface area contributed by atoms with Crippen molar-refractivity contribution >= 4 is 22.5 Å². The van der Waals surface area contributed by atoms with Crippen LogP contribution in [0, 0.1) is 0 Å². The average Bonchev–Trinajstić information content (AvgIpc) is 3.24. The molecular weight excluding hydrogens is 426 g/mol. The second-order valence-corrected chi connectivity index (χ2v) is 7.80. The molecule has 0 aliphatic rings. The molecule has 0 radical (unpaired) electrons. The third-order valence-electron chi connectivity index (χ3n) is 5.03. The summed E-state index contributed by atoms with van der Waals surface area (Å²) < 4.78 is 9.31. The van der Waals surface area contributed by atoms with Crippen molar-refractivity contribution in [3.05, 3.63) is 100 Å². The van der Waals surface area contributed by atoms with Crippen LogP contribution in [0.3, 0.4) is 0 Å². The molecule has 0 bridgehead atoms. The first-order valence-electron chi connectivity index (χ1n) is 9.92. The fourth-order valence-corrected chi connectivity index (χ4v) is 3.55. The van der Waals surface area contributed by atoms with E-state index in [0.717, 1.165) is 16.8 Å². The summed E-state index contributed by atoms with van der Waals surface area (Å²) in [5, 5.41) is 5.32. The lowest BCUT2D eigenvalue weighted by atomic mass is 10.2. The van der Waals surface area contributed by atoms with Gasteiger partial charge in [-0.2, -0.15) is 5.10 Å². The standard InChI is InChI=1S/C24H18ClN5O2/c1-29-14-17(12-28-29)23-11-20(8-9-26-23)32-19-6-7-22-21(10-19)24(31)30(15-27-22)13-16-2-4-18(25)5-3-16/h2-12,14-15H,13H2,1H3. The summed E-state index contributed by atoms with van der Waals surface area (Å²) in [5.41, 5.74) is 3.08. The third-order valence-corrected chi connectivity index (χ3v) is 5.28. The molecule has 0 amide bonds. The summed E-state index contributed by atoms with van der Waals surface area (Å²) >= 11 is 5.95. The maximum absolute atomic E-state index is 13.1. The zero-order valence-electron chi connectivity index (χ0n) is 17.1. The number of ether oxygens (including phenoxy) is 1. The van der Waals surface area contributed by atoms with E-state index in [1.54, 1.807) is 64.4 Å². The molecule has 158 valence electrons. The molecule has 7 nitrogen and oxygen atoms in total. The highest BCUT2D eigenvalue weighted by atomic mass is 35.5. The summed E-state index contributed by atoms with van der Waals surface area (Å²) in [7, 11) is 1.85. The number of benzene rings is 2. The van der Waals surface area contributed by atoms with Gasteiger partial charge in [0.2, 0.25) is 0 Å². The quantitative estimate of drug-likeness (QED) is 0.394. The Kier molecular flexibility index (Phi) is 5.17. The summed E-state index contributed by atoms with van der Waals surface area (Å²) in [6.45, 7) is 0.406. The van der Waals surface area contributed by atoms with Crippen LogP contribution in [0.2, 0.25) is 5.02 Å². The first kappa shape index (κ1) is 20.0. The Morgan fingerprint density at radius 2 is 1.81 bits per heavy atom. The van der Waals surface area contributed by atoms with Crippen LogP contribution in [0.15, 0.2) is 84.3 Å². The van der Waals surface area contributed by atoms with Crippen molar-refractivity contribution in [2.24, 2.45) is 7.05 Å². The number of halogens is 1. The Morgan fingerprint density at radius 1 is 1.00 bits per heavy atom. The van der Waals surface area contributed by atoms with Crippen molar-refractivity contribution in [1.29, 1.82) is 0 Å². The zero-order chi connectivity index (χ0) is 22.1. The van der Waals surface area contributed by atoms with Crippen molar-refractivity contribution in [3.8, 4) is 22.8 Å². The summed E-state index contributed by atoms with van der Waals surface area (Å²) in [6.07, 6.45) is 6.87. The first-order valence-corrected chi connectivity index (χ1v) is 10.3. The highest BCUT2D eigenvalue weighted by Gasteiger charge is 2.09. The number of aromatic nitrogens is 5. The minimum absolute atomic E-state index is 0.138. The molecule has 3 heterocycles. The summed E-state index contributed by atoms with van der Waals surface area (Å²) in [5.74, 6) is 1.16. The fraction of sp³-hybridized carbons (Fsp3) is 0.0833. The highest BCUT2D eigenvalue weighted by Crippen LogP contribution is 2.26. The van der Waals surface area contributed by atoms with Gasteiger partial charge in [-0.1, -0.05) is 23.7 Å². The van der Waals surface area contributed by atoms with E-state index in [1.165, 1.54) is 0 Å². The largest absolute Gasteiger partial charge is 0.457 e. The molecule has 0 saturated heterocycles. The van der Waals surface area contributed by atoms with Gasteiger partial charge in [-0.25, -0.2) is 4.98 Å². The van der Waals surface area contributed by atoms with Gasteiger partial charge >= 0.3 is 0 Å². The number of rotatable bonds is 5. The molecule has 5 rings (SSSR count). The number of fused-ring (bicyclic) bond motifs is 1. The van der Waals surface area contributed by atoms with Gasteiger partial charge in [0.05, 0.1) is 35.7 Å². The van der Waals surface area contributed by atoms with Crippen molar-refractivity contribution in [1.82, 2.24) is 24.3 Å². The minimum Gasteiger partial charge on any atom is -0.457 e. The lowest BCUT2D eigenvalue weighted by molar-refractivity contribution is 0.483. The van der Waals surface area contributed by atoms with Gasteiger partial charge in [0.25, 0.3) is 5.56 Å². The van der Waals surface area contributed by atoms with E-state index in [2.05, 4.69) is 15.1 Å². The van der Waals surface area contributed by atoms with Crippen LogP contribution in [-0.2, 0) is 13.6 Å². The molecular formula is C24H18ClN5O2. The molecule has 3 aromatic heterocycles. The first-order chi connectivity index (χ1) is 15.5. The van der Waals surface area contributed by atoms with Crippen molar-refractivity contribution in [3.63, 3.8) is 0 Å². The topological polar surface area (TPSA) is 74.8 Å². The molecule has 0 spiro atoms. The Labute approximate surface area is 188 Å². The summed E-state index contributed by atoms with van der Waals surface area (Å²) in [6, 6.07) is 16.3. The predicted octanol–water partition coefficient (Wildman–Crippen LogP) is 4.69. The number of aryl methyl sites for hydroxylation is 1. The van der Waals surface area contributed by atoms with E-state index < -0.39 is 0 Å². The second kappa shape index (κ2) is 8.28. The normalized spacial score (nSPS) is 11.1. The molecule has 8 heteroatoms. The number of nitrogens with zero attached hydrogens (tertiary/aromatic N) is 5. The highest BCUT2D eigenvalue weighted by molar-refractivity contribution is 6.30. The van der Waals surface area contributed by atoms with E-state index in [1.807, 2.05) is 31.4 Å². The van der Waals surface area contributed by atoms with Gasteiger partial charge in [0.15, 0.2) is 0 Å². The molecule has 0 saturated carbocycles. The molecule has 0 N–H and O–H groups in total. The number of hydrogen-bond donors (Lipinski definition) is 0. The summed E-state index contributed by atoms with van der Waals surface area (Å²) in [4.78, 5) is 21.9. The lowest BCUT2D eigenvalue weighted by Crippen LogP contribution is -2.21. The van der Waals surface area contributed by atoms with E-state index in [0.29, 0.717) is 34.0 Å². The van der Waals surface area contributed by atoms with E-state index in [9.17, 15) is 4.79 Å². The zero-order valence-corrected chi connectivity index (χ0v) is 17.9. The maximum atomic E-state index is 13.1. The Balaban J connectivity index is 1.44. The van der Waals surface area contributed by atoms with Crippen LogP contribution in [0.5, 0.6) is 11.5 Å². The fourth-order valence-electron chi connectivity index (χ4n) is 3.42. The van der Waals surface area contributed by atoms with Gasteiger partial charge in [-0.05, 0) is 42.0 Å². The number of pyridine rings is 1. The Hall–Kier alpha value is -3.97. The van der Waals surface area contributed by atoms with Crippen LogP contribution in [0.1, 0.15) is 5.56 Å². The molecule has 5 aromatic rings. The smallest absolute Gasteiger partial charge is 0.261 e. The van der Waals surface area contributed by atoms with Crippen molar-refractivity contribution in [2.45, 2.75) is 6.54 Å². The van der Waals surface area contributed by atoms with Gasteiger partial charge in [-0.3, -0.25) is 19.0 Å². The van der Waals surface area contributed by atoms with E-state index >= 15 is 0 Å². The van der Waals surface area contributed by atoms with Crippen molar-refractivity contribution < 1.29 is 4.74 Å². The SMILES string of the molecule is Cn1cc(-c2cc(Oc3ccc4ncn(Cc5ccc(Cl)cc5)c(=O)c4c3)ccn2)cn1. The number of hydrogen-bond acceptors (Lipinski definition) is 5. The molecule has 0 aliphatic carbocycles. The predicted molar refractivity (Wildman–Crippen MR) is 123 cm³/mol. The van der Waals surface area contributed by atoms with Crippen molar-refractivity contribution in [2.75, 3.05) is 0 Å². The molecule has 32 heavy (non-hydrogen) atoms. The minimum atomic E-state index is -0.138. The van der Waals surface area contributed by atoms with Gasteiger partial charge in [0, 0.05) is 36.1 Å².